The van der Waals surface area contributed by atoms with Gasteiger partial charge in [-0.1, -0.05) is 0 Å². The second-order valence-corrected chi connectivity index (χ2v) is 4.16. The fraction of sp³-hybridized carbons (Fsp3) is 0.545. The van der Waals surface area contributed by atoms with Crippen molar-refractivity contribution in [3.05, 3.63) is 12.0 Å². The average Bonchev–Trinajstić information content (AvgIpc) is 3.06. The standard InChI is InChI=1S/C11H16N4O5/c1-12-11(18)14(2)9-8(10(16)17)15(6-13-9)5-7-19-3-4-20-7/h6-7H,3-5H2,1-2H3,(H,12,18)(H,16,17). The summed E-state index contributed by atoms with van der Waals surface area (Å²) in [6, 6.07) is -0.453. The molecule has 0 bridgehead atoms. The molecule has 1 aliphatic rings. The van der Waals surface area contributed by atoms with E-state index in [0.29, 0.717) is 13.2 Å². The molecule has 1 aromatic rings. The van der Waals surface area contributed by atoms with Crippen LogP contribution in [0.1, 0.15) is 10.5 Å². The molecule has 110 valence electrons. The van der Waals surface area contributed by atoms with Crippen LogP contribution < -0.4 is 10.2 Å². The van der Waals surface area contributed by atoms with Crippen molar-refractivity contribution in [1.29, 1.82) is 0 Å². The highest BCUT2D eigenvalue weighted by atomic mass is 16.7. The van der Waals surface area contributed by atoms with Gasteiger partial charge in [0.05, 0.1) is 26.1 Å². The molecule has 1 saturated heterocycles. The number of carbonyl (C=O) groups excluding carboxylic acids is 1. The zero-order valence-corrected chi connectivity index (χ0v) is 11.2. The number of imidazole rings is 1. The van der Waals surface area contributed by atoms with Crippen LogP contribution in [-0.2, 0) is 16.0 Å². The van der Waals surface area contributed by atoms with Gasteiger partial charge in [-0.2, -0.15) is 0 Å². The average molecular weight is 284 g/mol. The Kier molecular flexibility index (Phi) is 4.20. The van der Waals surface area contributed by atoms with Crippen LogP contribution in [0.3, 0.4) is 0 Å². The number of ether oxygens (including phenoxy) is 2. The number of anilines is 1. The Morgan fingerprint density at radius 1 is 1.55 bits per heavy atom. The molecule has 2 heterocycles. The zero-order valence-electron chi connectivity index (χ0n) is 11.2. The summed E-state index contributed by atoms with van der Waals surface area (Å²) >= 11 is 0. The Balaban J connectivity index is 2.27. The van der Waals surface area contributed by atoms with Gasteiger partial charge in [-0.3, -0.25) is 4.90 Å². The molecule has 2 amide bonds. The molecule has 0 spiro atoms. The van der Waals surface area contributed by atoms with Crippen molar-refractivity contribution in [3.8, 4) is 0 Å². The summed E-state index contributed by atoms with van der Waals surface area (Å²) in [5, 5.41) is 11.7. The van der Waals surface area contributed by atoms with Crippen molar-refractivity contribution in [1.82, 2.24) is 14.9 Å². The second-order valence-electron chi connectivity index (χ2n) is 4.16. The van der Waals surface area contributed by atoms with E-state index in [1.165, 1.54) is 25.0 Å². The number of aromatic carboxylic acids is 1. The summed E-state index contributed by atoms with van der Waals surface area (Å²) in [4.78, 5) is 28.1. The molecule has 0 unspecified atom stereocenters. The van der Waals surface area contributed by atoms with Crippen molar-refractivity contribution in [2.75, 3.05) is 32.2 Å². The van der Waals surface area contributed by atoms with Gasteiger partial charge >= 0.3 is 12.0 Å². The topological polar surface area (TPSA) is 106 Å². The number of hydrogen-bond acceptors (Lipinski definition) is 5. The van der Waals surface area contributed by atoms with Gasteiger partial charge in [0, 0.05) is 14.1 Å². The third-order valence-electron chi connectivity index (χ3n) is 2.89. The molecule has 0 atom stereocenters. The van der Waals surface area contributed by atoms with Crippen LogP contribution in [-0.4, -0.2) is 60.3 Å². The third kappa shape index (κ3) is 2.73. The summed E-state index contributed by atoms with van der Waals surface area (Å²) in [5.41, 5.74) is -0.0878. The van der Waals surface area contributed by atoms with Crippen LogP contribution in [0.5, 0.6) is 0 Å². The molecule has 0 aromatic carbocycles. The first kappa shape index (κ1) is 14.3. The maximum atomic E-state index is 11.6. The number of nitrogens with zero attached hydrogens (tertiary/aromatic N) is 3. The van der Waals surface area contributed by atoms with E-state index in [9.17, 15) is 14.7 Å². The number of hydrogen-bond donors (Lipinski definition) is 2. The SMILES string of the molecule is CNC(=O)N(C)c1ncn(CC2OCCO2)c1C(=O)O. The number of aromatic nitrogens is 2. The maximum absolute atomic E-state index is 11.6. The summed E-state index contributed by atoms with van der Waals surface area (Å²) in [6.07, 6.45) is 0.851. The Hall–Kier alpha value is -2.13. The molecule has 1 aromatic heterocycles. The van der Waals surface area contributed by atoms with Crippen molar-refractivity contribution in [3.63, 3.8) is 0 Å². The first-order chi connectivity index (χ1) is 9.54. The summed E-state index contributed by atoms with van der Waals surface area (Å²) in [7, 11) is 2.90. The Morgan fingerprint density at radius 2 is 2.20 bits per heavy atom. The molecule has 0 saturated carbocycles. The van der Waals surface area contributed by atoms with Crippen molar-refractivity contribution in [2.24, 2.45) is 0 Å². The Morgan fingerprint density at radius 3 is 2.75 bits per heavy atom. The van der Waals surface area contributed by atoms with Crippen LogP contribution in [0, 0.1) is 0 Å². The monoisotopic (exact) mass is 284 g/mol. The van der Waals surface area contributed by atoms with Gasteiger partial charge in [0.25, 0.3) is 0 Å². The number of carbonyl (C=O) groups is 2. The number of carboxylic acids is 1. The lowest BCUT2D eigenvalue weighted by molar-refractivity contribution is -0.0528. The molecular weight excluding hydrogens is 268 g/mol. The zero-order chi connectivity index (χ0) is 14.7. The van der Waals surface area contributed by atoms with E-state index in [1.54, 1.807) is 0 Å². The number of rotatable bonds is 4. The van der Waals surface area contributed by atoms with Gasteiger partial charge < -0.3 is 24.5 Å². The van der Waals surface area contributed by atoms with E-state index >= 15 is 0 Å². The molecule has 0 aliphatic carbocycles. The van der Waals surface area contributed by atoms with Crippen LogP contribution in [0.15, 0.2) is 6.33 Å². The maximum Gasteiger partial charge on any atom is 0.356 e. The van der Waals surface area contributed by atoms with Crippen molar-refractivity contribution >= 4 is 17.8 Å². The Bertz CT molecular complexity index is 509. The number of carboxylic acid groups (broad SMARTS) is 1. The Labute approximate surface area is 115 Å². The highest BCUT2D eigenvalue weighted by molar-refractivity contribution is 5.98. The molecule has 1 aliphatic heterocycles. The first-order valence-corrected chi connectivity index (χ1v) is 6.01. The fourth-order valence-corrected chi connectivity index (χ4v) is 1.91. The third-order valence-corrected chi connectivity index (χ3v) is 2.89. The molecule has 2 rings (SSSR count). The van der Waals surface area contributed by atoms with E-state index in [4.69, 9.17) is 9.47 Å². The fourth-order valence-electron chi connectivity index (χ4n) is 1.91. The first-order valence-electron chi connectivity index (χ1n) is 6.01. The lowest BCUT2D eigenvalue weighted by Gasteiger charge is -2.16. The van der Waals surface area contributed by atoms with Crippen LogP contribution in [0.4, 0.5) is 10.6 Å². The van der Waals surface area contributed by atoms with Gasteiger partial charge in [0.1, 0.15) is 0 Å². The van der Waals surface area contributed by atoms with Crippen molar-refractivity contribution < 1.29 is 24.2 Å². The van der Waals surface area contributed by atoms with Crippen LogP contribution in [0.25, 0.3) is 0 Å². The van der Waals surface area contributed by atoms with Gasteiger partial charge in [-0.25, -0.2) is 14.6 Å². The summed E-state index contributed by atoms with van der Waals surface area (Å²) in [6.45, 7) is 1.16. The minimum absolute atomic E-state index is 0.0647. The molecule has 9 nitrogen and oxygen atoms in total. The lowest BCUT2D eigenvalue weighted by Crippen LogP contribution is -2.36. The molecular formula is C11H16N4O5. The smallest absolute Gasteiger partial charge is 0.356 e. The normalized spacial score (nSPS) is 15.3. The molecule has 9 heteroatoms. The van der Waals surface area contributed by atoms with E-state index in [1.807, 2.05) is 0 Å². The van der Waals surface area contributed by atoms with E-state index in [-0.39, 0.29) is 18.1 Å². The largest absolute Gasteiger partial charge is 0.476 e. The predicted octanol–water partition coefficient (Wildman–Crippen LogP) is -0.270. The van der Waals surface area contributed by atoms with Crippen LogP contribution in [0.2, 0.25) is 0 Å². The predicted molar refractivity (Wildman–Crippen MR) is 67.7 cm³/mol. The van der Waals surface area contributed by atoms with E-state index in [0.717, 1.165) is 4.90 Å². The van der Waals surface area contributed by atoms with Crippen molar-refractivity contribution in [2.45, 2.75) is 12.8 Å². The highest BCUT2D eigenvalue weighted by Crippen LogP contribution is 2.19. The summed E-state index contributed by atoms with van der Waals surface area (Å²) in [5.74, 6) is -1.11. The number of nitrogens with one attached hydrogen (secondary N) is 1. The quantitative estimate of drug-likeness (QED) is 0.788. The minimum atomic E-state index is -1.17. The molecule has 20 heavy (non-hydrogen) atoms. The molecule has 1 fully saturated rings. The molecule has 0 radical (unpaired) electrons. The van der Waals surface area contributed by atoms with E-state index in [2.05, 4.69) is 10.3 Å². The van der Waals surface area contributed by atoms with Gasteiger partial charge in [-0.05, 0) is 0 Å². The van der Waals surface area contributed by atoms with Gasteiger partial charge in [-0.15, -0.1) is 0 Å². The lowest BCUT2D eigenvalue weighted by atomic mass is 10.4. The minimum Gasteiger partial charge on any atom is -0.476 e. The second kappa shape index (κ2) is 5.88. The number of urea groups is 1. The van der Waals surface area contributed by atoms with Gasteiger partial charge in [0.15, 0.2) is 17.8 Å². The van der Waals surface area contributed by atoms with Gasteiger partial charge in [0.2, 0.25) is 0 Å². The van der Waals surface area contributed by atoms with Crippen LogP contribution >= 0.6 is 0 Å². The highest BCUT2D eigenvalue weighted by Gasteiger charge is 2.26. The number of amides is 2. The van der Waals surface area contributed by atoms with E-state index < -0.39 is 18.3 Å². The summed E-state index contributed by atoms with van der Waals surface area (Å²) < 4.78 is 11.9. The molecule has 2 N–H and O–H groups in total.